The minimum Gasteiger partial charge on any atom is -0.446 e. The quantitative estimate of drug-likeness (QED) is 0.767. The van der Waals surface area contributed by atoms with E-state index in [1.165, 1.54) is 0 Å². The standard InChI is InChI=1S/C13H27N3O4S/c1-10(2)8-11(3)20-13(17)16-7-5-4-6-12(16)9-15-21(14,18)19/h10-12,15H,4-9H2,1-3H3,(H2,14,18,19)/t11-,12+/m0/s1. The van der Waals surface area contributed by atoms with E-state index in [9.17, 15) is 13.2 Å². The number of hydrogen-bond acceptors (Lipinski definition) is 4. The lowest BCUT2D eigenvalue weighted by Crippen LogP contribution is -2.50. The lowest BCUT2D eigenvalue weighted by atomic mass is 10.0. The summed E-state index contributed by atoms with van der Waals surface area (Å²) < 4.78 is 29.7. The number of rotatable bonds is 6. The average molecular weight is 321 g/mol. The van der Waals surface area contributed by atoms with Gasteiger partial charge in [0.15, 0.2) is 0 Å². The third kappa shape index (κ3) is 7.10. The summed E-state index contributed by atoms with van der Waals surface area (Å²) in [7, 11) is -3.74. The van der Waals surface area contributed by atoms with Crippen molar-refractivity contribution in [2.45, 2.75) is 58.6 Å². The minimum absolute atomic E-state index is 0.131. The maximum atomic E-state index is 12.2. The Bertz CT molecular complexity index is 439. The number of piperidine rings is 1. The Balaban J connectivity index is 2.57. The first-order valence-electron chi connectivity index (χ1n) is 7.43. The second-order valence-electron chi connectivity index (χ2n) is 6.06. The number of amides is 1. The van der Waals surface area contributed by atoms with Crippen molar-refractivity contribution in [3.63, 3.8) is 0 Å². The Hall–Kier alpha value is -0.860. The molecule has 1 aliphatic heterocycles. The summed E-state index contributed by atoms with van der Waals surface area (Å²) >= 11 is 0. The molecule has 0 aromatic heterocycles. The van der Waals surface area contributed by atoms with Crippen LogP contribution in [0, 0.1) is 5.92 Å². The number of carbonyl (C=O) groups is 1. The van der Waals surface area contributed by atoms with Crippen LogP contribution >= 0.6 is 0 Å². The molecule has 1 aliphatic rings. The molecule has 1 rings (SSSR count). The van der Waals surface area contributed by atoms with Crippen LogP contribution in [0.25, 0.3) is 0 Å². The Morgan fingerprint density at radius 1 is 1.38 bits per heavy atom. The van der Waals surface area contributed by atoms with Crippen LogP contribution in [0.3, 0.4) is 0 Å². The first-order valence-corrected chi connectivity index (χ1v) is 8.98. The van der Waals surface area contributed by atoms with Gasteiger partial charge >= 0.3 is 6.09 Å². The lowest BCUT2D eigenvalue weighted by Gasteiger charge is -2.35. The molecule has 21 heavy (non-hydrogen) atoms. The van der Waals surface area contributed by atoms with E-state index in [0.717, 1.165) is 25.7 Å². The van der Waals surface area contributed by atoms with Crippen molar-refractivity contribution >= 4 is 16.3 Å². The van der Waals surface area contributed by atoms with E-state index < -0.39 is 10.2 Å². The summed E-state index contributed by atoms with van der Waals surface area (Å²) in [4.78, 5) is 13.8. The van der Waals surface area contributed by atoms with Crippen LogP contribution in [0.2, 0.25) is 0 Å². The summed E-state index contributed by atoms with van der Waals surface area (Å²) in [5.74, 6) is 0.453. The van der Waals surface area contributed by atoms with E-state index in [0.29, 0.717) is 12.5 Å². The number of nitrogens with two attached hydrogens (primary N) is 1. The molecule has 0 unspecified atom stereocenters. The molecule has 8 heteroatoms. The van der Waals surface area contributed by atoms with Crippen molar-refractivity contribution in [2.75, 3.05) is 13.1 Å². The van der Waals surface area contributed by atoms with E-state index in [1.54, 1.807) is 4.90 Å². The van der Waals surface area contributed by atoms with Gasteiger partial charge in [-0.1, -0.05) is 13.8 Å². The normalized spacial score (nSPS) is 21.4. The molecule has 2 atom stereocenters. The highest BCUT2D eigenvalue weighted by Crippen LogP contribution is 2.19. The Labute approximate surface area is 127 Å². The molecule has 1 fully saturated rings. The molecule has 0 bridgehead atoms. The highest BCUT2D eigenvalue weighted by atomic mass is 32.2. The first-order chi connectivity index (χ1) is 9.69. The van der Waals surface area contributed by atoms with Gasteiger partial charge in [0.25, 0.3) is 10.2 Å². The molecule has 7 nitrogen and oxygen atoms in total. The van der Waals surface area contributed by atoms with Crippen LogP contribution in [-0.2, 0) is 14.9 Å². The second-order valence-corrected chi connectivity index (χ2v) is 7.44. The average Bonchev–Trinajstić information content (AvgIpc) is 2.34. The zero-order valence-electron chi connectivity index (χ0n) is 13.0. The molecule has 1 saturated heterocycles. The molecule has 0 radical (unpaired) electrons. The van der Waals surface area contributed by atoms with Crippen LogP contribution in [0.4, 0.5) is 4.79 Å². The van der Waals surface area contributed by atoms with Crippen LogP contribution in [0.15, 0.2) is 0 Å². The van der Waals surface area contributed by atoms with Gasteiger partial charge in [-0.2, -0.15) is 8.42 Å². The molecule has 0 aromatic rings. The van der Waals surface area contributed by atoms with Gasteiger partial charge in [0.2, 0.25) is 0 Å². The van der Waals surface area contributed by atoms with Gasteiger partial charge in [0.1, 0.15) is 6.10 Å². The number of carbonyl (C=O) groups excluding carboxylic acids is 1. The molecule has 1 amide bonds. The van der Waals surface area contributed by atoms with Crippen LogP contribution in [0.1, 0.15) is 46.5 Å². The maximum absolute atomic E-state index is 12.2. The van der Waals surface area contributed by atoms with Gasteiger partial charge in [-0.25, -0.2) is 14.7 Å². The fraction of sp³-hybridized carbons (Fsp3) is 0.923. The van der Waals surface area contributed by atoms with Gasteiger partial charge in [0.05, 0.1) is 0 Å². The van der Waals surface area contributed by atoms with E-state index in [-0.39, 0.29) is 24.8 Å². The zero-order chi connectivity index (χ0) is 16.0. The van der Waals surface area contributed by atoms with Gasteiger partial charge in [0, 0.05) is 19.1 Å². The van der Waals surface area contributed by atoms with E-state index in [4.69, 9.17) is 9.88 Å². The van der Waals surface area contributed by atoms with Crippen molar-refractivity contribution in [3.05, 3.63) is 0 Å². The summed E-state index contributed by atoms with van der Waals surface area (Å²) in [5.41, 5.74) is 0. The number of likely N-dealkylation sites (tertiary alicyclic amines) is 1. The number of nitrogens with one attached hydrogen (secondary N) is 1. The number of nitrogens with zero attached hydrogens (tertiary/aromatic N) is 1. The predicted octanol–water partition coefficient (Wildman–Crippen LogP) is 1.21. The van der Waals surface area contributed by atoms with Crippen molar-refractivity contribution in [2.24, 2.45) is 11.1 Å². The highest BCUT2D eigenvalue weighted by Gasteiger charge is 2.29. The van der Waals surface area contributed by atoms with Crippen LogP contribution < -0.4 is 9.86 Å². The Kier molecular flexibility index (Phi) is 6.89. The smallest absolute Gasteiger partial charge is 0.410 e. The van der Waals surface area contributed by atoms with Gasteiger partial charge in [-0.05, 0) is 38.5 Å². The van der Waals surface area contributed by atoms with E-state index in [2.05, 4.69) is 18.6 Å². The maximum Gasteiger partial charge on any atom is 0.410 e. The predicted molar refractivity (Wildman–Crippen MR) is 80.9 cm³/mol. The van der Waals surface area contributed by atoms with Crippen LogP contribution in [-0.4, -0.2) is 44.6 Å². The van der Waals surface area contributed by atoms with Crippen molar-refractivity contribution < 1.29 is 17.9 Å². The summed E-state index contributed by atoms with van der Waals surface area (Å²) in [5, 5.41) is 4.94. The van der Waals surface area contributed by atoms with E-state index >= 15 is 0 Å². The largest absolute Gasteiger partial charge is 0.446 e. The summed E-state index contributed by atoms with van der Waals surface area (Å²) in [6, 6.07) is -0.198. The fourth-order valence-electron chi connectivity index (χ4n) is 2.62. The molecular formula is C13H27N3O4S. The number of hydrogen-bond donors (Lipinski definition) is 2. The zero-order valence-corrected chi connectivity index (χ0v) is 13.9. The third-order valence-corrected chi connectivity index (χ3v) is 4.06. The molecule has 3 N–H and O–H groups in total. The minimum atomic E-state index is -3.74. The Morgan fingerprint density at radius 3 is 2.62 bits per heavy atom. The third-order valence-electron chi connectivity index (χ3n) is 3.49. The van der Waals surface area contributed by atoms with Crippen molar-refractivity contribution in [3.8, 4) is 0 Å². The SMILES string of the molecule is CC(C)C[C@H](C)OC(=O)N1CCCC[C@@H]1CNS(N)(=O)=O. The van der Waals surface area contributed by atoms with Gasteiger partial charge in [-0.15, -0.1) is 0 Å². The summed E-state index contributed by atoms with van der Waals surface area (Å²) in [6.07, 6.45) is 2.90. The molecular weight excluding hydrogens is 294 g/mol. The number of ether oxygens (including phenoxy) is 1. The molecule has 0 aliphatic carbocycles. The first kappa shape index (κ1) is 18.2. The van der Waals surface area contributed by atoms with Gasteiger partial charge in [-0.3, -0.25) is 0 Å². The topological polar surface area (TPSA) is 102 Å². The van der Waals surface area contributed by atoms with Crippen molar-refractivity contribution in [1.82, 2.24) is 9.62 Å². The molecule has 0 spiro atoms. The highest BCUT2D eigenvalue weighted by molar-refractivity contribution is 7.87. The summed E-state index contributed by atoms with van der Waals surface area (Å²) in [6.45, 7) is 6.74. The van der Waals surface area contributed by atoms with Crippen LogP contribution in [0.5, 0.6) is 0 Å². The molecule has 0 saturated carbocycles. The molecule has 0 aromatic carbocycles. The van der Waals surface area contributed by atoms with Crippen molar-refractivity contribution in [1.29, 1.82) is 0 Å². The second kappa shape index (κ2) is 7.95. The molecule has 1 heterocycles. The monoisotopic (exact) mass is 321 g/mol. The fourth-order valence-corrected chi connectivity index (χ4v) is 3.04. The lowest BCUT2D eigenvalue weighted by molar-refractivity contribution is 0.0417. The molecule has 124 valence electrons. The van der Waals surface area contributed by atoms with E-state index in [1.807, 2.05) is 6.92 Å². The van der Waals surface area contributed by atoms with Gasteiger partial charge < -0.3 is 9.64 Å². The Morgan fingerprint density at radius 2 is 2.05 bits per heavy atom.